The molecule has 1 aromatic rings. The first-order valence-corrected chi connectivity index (χ1v) is 6.64. The Bertz CT molecular complexity index is 507. The molecule has 0 spiro atoms. The number of nitriles is 1. The van der Waals surface area contributed by atoms with Crippen LogP contribution in [0, 0.1) is 11.3 Å². The van der Waals surface area contributed by atoms with Crippen LogP contribution >= 0.6 is 0 Å². The minimum Gasteiger partial charge on any atom is -0.393 e. The van der Waals surface area contributed by atoms with Crippen molar-refractivity contribution in [3.05, 3.63) is 35.9 Å². The molecule has 0 saturated heterocycles. The Hall–Kier alpha value is -1.42. The van der Waals surface area contributed by atoms with Crippen LogP contribution in [0.1, 0.15) is 12.5 Å². The van der Waals surface area contributed by atoms with Crippen molar-refractivity contribution >= 4 is 10.0 Å². The molecule has 1 rings (SSSR count). The summed E-state index contributed by atoms with van der Waals surface area (Å²) in [7, 11) is -3.65. The van der Waals surface area contributed by atoms with Gasteiger partial charge in [-0.15, -0.1) is 0 Å². The Morgan fingerprint density at radius 1 is 1.41 bits per heavy atom. The smallest absolute Gasteiger partial charge is 0.217 e. The highest BCUT2D eigenvalue weighted by Gasteiger charge is 2.28. The fourth-order valence-electron chi connectivity index (χ4n) is 1.26. The summed E-state index contributed by atoms with van der Waals surface area (Å²) in [6, 6.07) is 10.4. The molecule has 1 aromatic carbocycles. The number of aliphatic hydroxyl groups is 1. The SMILES string of the molecule is CC(C#N)(CO)NS(=O)(=O)Cc1ccccc1. The lowest BCUT2D eigenvalue weighted by molar-refractivity contribution is 0.231. The second-order valence-electron chi connectivity index (χ2n) is 3.95. The molecule has 17 heavy (non-hydrogen) atoms. The first-order chi connectivity index (χ1) is 7.91. The van der Waals surface area contributed by atoms with Crippen molar-refractivity contribution in [2.45, 2.75) is 18.2 Å². The van der Waals surface area contributed by atoms with Gasteiger partial charge in [-0.1, -0.05) is 30.3 Å². The average molecular weight is 254 g/mol. The van der Waals surface area contributed by atoms with Gasteiger partial charge in [-0.3, -0.25) is 0 Å². The molecule has 0 saturated carbocycles. The molecule has 6 heteroatoms. The molecule has 0 heterocycles. The predicted octanol–water partition coefficient (Wildman–Crippen LogP) is 0.381. The Morgan fingerprint density at radius 2 is 2.00 bits per heavy atom. The molecule has 0 amide bonds. The van der Waals surface area contributed by atoms with Crippen LogP contribution in [0.25, 0.3) is 0 Å². The van der Waals surface area contributed by atoms with E-state index in [9.17, 15) is 8.42 Å². The van der Waals surface area contributed by atoms with E-state index in [1.807, 2.05) is 0 Å². The van der Waals surface area contributed by atoms with Crippen molar-refractivity contribution in [2.24, 2.45) is 0 Å². The van der Waals surface area contributed by atoms with E-state index in [4.69, 9.17) is 10.4 Å². The first kappa shape index (κ1) is 13.6. The number of hydrogen-bond acceptors (Lipinski definition) is 4. The maximum atomic E-state index is 11.8. The normalized spacial score (nSPS) is 14.9. The number of nitrogens with zero attached hydrogens (tertiary/aromatic N) is 1. The summed E-state index contributed by atoms with van der Waals surface area (Å²) in [5, 5.41) is 17.7. The number of aliphatic hydroxyl groups excluding tert-OH is 1. The molecule has 1 atom stereocenters. The quantitative estimate of drug-likeness (QED) is 0.795. The summed E-state index contributed by atoms with van der Waals surface area (Å²) < 4.78 is 25.7. The van der Waals surface area contributed by atoms with Crippen LogP contribution in [-0.2, 0) is 15.8 Å². The topological polar surface area (TPSA) is 90.2 Å². The van der Waals surface area contributed by atoms with Gasteiger partial charge < -0.3 is 5.11 Å². The molecular weight excluding hydrogens is 240 g/mol. The lowest BCUT2D eigenvalue weighted by Gasteiger charge is -2.20. The molecule has 0 aliphatic carbocycles. The van der Waals surface area contributed by atoms with Crippen LogP contribution in [0.4, 0.5) is 0 Å². The van der Waals surface area contributed by atoms with Crippen LogP contribution in [0.15, 0.2) is 30.3 Å². The summed E-state index contributed by atoms with van der Waals surface area (Å²) in [5.74, 6) is -0.217. The summed E-state index contributed by atoms with van der Waals surface area (Å²) in [4.78, 5) is 0. The molecule has 1 unspecified atom stereocenters. The van der Waals surface area contributed by atoms with Crippen molar-refractivity contribution in [3.8, 4) is 6.07 Å². The van der Waals surface area contributed by atoms with Gasteiger partial charge in [0.25, 0.3) is 0 Å². The third-order valence-electron chi connectivity index (χ3n) is 2.14. The van der Waals surface area contributed by atoms with Gasteiger partial charge >= 0.3 is 0 Å². The Balaban J connectivity index is 2.81. The van der Waals surface area contributed by atoms with Gasteiger partial charge in [0.1, 0.15) is 5.54 Å². The van der Waals surface area contributed by atoms with E-state index in [2.05, 4.69) is 4.72 Å². The summed E-state index contributed by atoms with van der Waals surface area (Å²) in [6.07, 6.45) is 0. The number of nitrogens with one attached hydrogen (secondary N) is 1. The van der Waals surface area contributed by atoms with Crippen LogP contribution < -0.4 is 4.72 Å². The van der Waals surface area contributed by atoms with Crippen molar-refractivity contribution < 1.29 is 13.5 Å². The third-order valence-corrected chi connectivity index (χ3v) is 3.62. The van der Waals surface area contributed by atoms with Crippen molar-refractivity contribution in [1.82, 2.24) is 4.72 Å². The lowest BCUT2D eigenvalue weighted by Crippen LogP contribution is -2.47. The fourth-order valence-corrected chi connectivity index (χ4v) is 2.76. The highest BCUT2D eigenvalue weighted by Crippen LogP contribution is 2.08. The number of benzene rings is 1. The molecule has 0 aliphatic heterocycles. The largest absolute Gasteiger partial charge is 0.393 e. The zero-order chi connectivity index (χ0) is 12.9. The highest BCUT2D eigenvalue weighted by atomic mass is 32.2. The van der Waals surface area contributed by atoms with Gasteiger partial charge in [-0.25, -0.2) is 8.42 Å². The molecule has 5 nitrogen and oxygen atoms in total. The van der Waals surface area contributed by atoms with Crippen LogP contribution in [0.5, 0.6) is 0 Å². The second-order valence-corrected chi connectivity index (χ2v) is 5.67. The van der Waals surface area contributed by atoms with E-state index in [1.54, 1.807) is 36.4 Å². The summed E-state index contributed by atoms with van der Waals surface area (Å²) in [6.45, 7) is 0.757. The van der Waals surface area contributed by atoms with E-state index in [-0.39, 0.29) is 5.75 Å². The highest BCUT2D eigenvalue weighted by molar-refractivity contribution is 7.88. The van der Waals surface area contributed by atoms with E-state index < -0.39 is 22.2 Å². The van der Waals surface area contributed by atoms with Crippen LogP contribution in [0.2, 0.25) is 0 Å². The fraction of sp³-hybridized carbons (Fsp3) is 0.364. The maximum Gasteiger partial charge on any atom is 0.217 e. The van der Waals surface area contributed by atoms with Crippen molar-refractivity contribution in [3.63, 3.8) is 0 Å². The first-order valence-electron chi connectivity index (χ1n) is 4.98. The summed E-state index contributed by atoms with van der Waals surface area (Å²) in [5.41, 5.74) is -0.855. The van der Waals surface area contributed by atoms with E-state index in [0.29, 0.717) is 5.56 Å². The molecule has 92 valence electrons. The Morgan fingerprint density at radius 3 is 2.47 bits per heavy atom. The minimum absolute atomic E-state index is 0.217. The van der Waals surface area contributed by atoms with Gasteiger partial charge in [0, 0.05) is 0 Å². The summed E-state index contributed by atoms with van der Waals surface area (Å²) >= 11 is 0. The second kappa shape index (κ2) is 5.27. The number of hydrogen-bond donors (Lipinski definition) is 2. The zero-order valence-corrected chi connectivity index (χ0v) is 10.2. The minimum atomic E-state index is -3.65. The van der Waals surface area contributed by atoms with Gasteiger partial charge in [-0.2, -0.15) is 9.98 Å². The number of rotatable bonds is 5. The van der Waals surface area contributed by atoms with Crippen LogP contribution in [-0.4, -0.2) is 25.7 Å². The average Bonchev–Trinajstić information content (AvgIpc) is 2.29. The third kappa shape index (κ3) is 4.15. The van der Waals surface area contributed by atoms with Gasteiger partial charge in [0.05, 0.1) is 18.4 Å². The van der Waals surface area contributed by atoms with E-state index >= 15 is 0 Å². The standard InChI is InChI=1S/C11H14N2O3S/c1-11(8-12,9-14)13-17(15,16)7-10-5-3-2-4-6-10/h2-6,13-14H,7,9H2,1H3. The van der Waals surface area contributed by atoms with Crippen molar-refractivity contribution in [1.29, 1.82) is 5.26 Å². The predicted molar refractivity (Wildman–Crippen MR) is 63.3 cm³/mol. The molecule has 0 radical (unpaired) electrons. The zero-order valence-electron chi connectivity index (χ0n) is 9.42. The van der Waals surface area contributed by atoms with Crippen LogP contribution in [0.3, 0.4) is 0 Å². The monoisotopic (exact) mass is 254 g/mol. The molecule has 0 fully saturated rings. The number of sulfonamides is 1. The Kier molecular flexibility index (Phi) is 4.23. The maximum absolute atomic E-state index is 11.8. The molecule has 0 aromatic heterocycles. The lowest BCUT2D eigenvalue weighted by atomic mass is 10.1. The molecule has 0 aliphatic rings. The molecule has 2 N–H and O–H groups in total. The molecule has 0 bridgehead atoms. The Labute approximate surface area is 101 Å². The van der Waals surface area contributed by atoms with Crippen molar-refractivity contribution in [2.75, 3.05) is 6.61 Å². The van der Waals surface area contributed by atoms with Gasteiger partial charge in [-0.05, 0) is 12.5 Å². The van der Waals surface area contributed by atoms with E-state index in [0.717, 1.165) is 0 Å². The van der Waals surface area contributed by atoms with E-state index in [1.165, 1.54) is 6.92 Å². The van der Waals surface area contributed by atoms with Gasteiger partial charge in [0.2, 0.25) is 10.0 Å². The van der Waals surface area contributed by atoms with Gasteiger partial charge in [0.15, 0.2) is 0 Å². The molecular formula is C11H14N2O3S.